The van der Waals surface area contributed by atoms with Crippen LogP contribution in [0.2, 0.25) is 0 Å². The normalized spacial score (nSPS) is 15.7. The molecule has 1 heterocycles. The van der Waals surface area contributed by atoms with Crippen LogP contribution in [0, 0.1) is 0 Å². The lowest BCUT2D eigenvalue weighted by atomic mass is 10.1. The molecule has 2 unspecified atom stereocenters. The largest absolute Gasteiger partial charge is 0.385 e. The molecule has 0 spiro atoms. The second kappa shape index (κ2) is 5.10. The van der Waals surface area contributed by atoms with Gasteiger partial charge in [0.1, 0.15) is 6.10 Å². The highest BCUT2D eigenvalue weighted by Gasteiger charge is 2.21. The number of rotatable bonds is 4. The molecule has 0 aromatic carbocycles. The molecule has 2 nitrogen and oxygen atoms in total. The Balaban J connectivity index is 2.77. The van der Waals surface area contributed by atoms with Crippen LogP contribution in [0.1, 0.15) is 24.3 Å². The predicted molar refractivity (Wildman–Crippen MR) is 58.1 cm³/mol. The highest BCUT2D eigenvalue weighted by atomic mass is 79.9. The van der Waals surface area contributed by atoms with E-state index in [1.54, 1.807) is 7.11 Å². The molecule has 0 fully saturated rings. The Kier molecular flexibility index (Phi) is 4.38. The summed E-state index contributed by atoms with van der Waals surface area (Å²) in [5, 5.41) is 11.9. The van der Waals surface area contributed by atoms with E-state index >= 15 is 0 Å². The van der Waals surface area contributed by atoms with Crippen LogP contribution in [0.3, 0.4) is 0 Å². The van der Waals surface area contributed by atoms with Crippen molar-refractivity contribution in [1.82, 2.24) is 0 Å². The molecule has 4 heteroatoms. The summed E-state index contributed by atoms with van der Waals surface area (Å²) < 4.78 is 6.13. The molecule has 1 aromatic rings. The topological polar surface area (TPSA) is 29.5 Å². The molecule has 74 valence electrons. The van der Waals surface area contributed by atoms with Gasteiger partial charge in [-0.25, -0.2) is 0 Å². The first-order valence-corrected chi connectivity index (χ1v) is 5.81. The monoisotopic (exact) mass is 264 g/mol. The van der Waals surface area contributed by atoms with Crippen LogP contribution in [0.25, 0.3) is 0 Å². The van der Waals surface area contributed by atoms with Gasteiger partial charge in [-0.1, -0.05) is 6.92 Å². The number of aliphatic hydroxyl groups excluding tert-OH is 1. The number of methoxy groups -OCH3 is 1. The van der Waals surface area contributed by atoms with Gasteiger partial charge >= 0.3 is 0 Å². The van der Waals surface area contributed by atoms with Crippen molar-refractivity contribution < 1.29 is 9.84 Å². The summed E-state index contributed by atoms with van der Waals surface area (Å²) >= 11 is 4.93. The van der Waals surface area contributed by atoms with Crippen LogP contribution < -0.4 is 0 Å². The Labute approximate surface area is 90.7 Å². The summed E-state index contributed by atoms with van der Waals surface area (Å²) in [6, 6.07) is 1.94. The van der Waals surface area contributed by atoms with E-state index in [0.717, 1.165) is 15.8 Å². The average molecular weight is 265 g/mol. The van der Waals surface area contributed by atoms with Crippen molar-refractivity contribution in [3.05, 3.63) is 20.8 Å². The minimum atomic E-state index is -0.524. The van der Waals surface area contributed by atoms with Gasteiger partial charge in [-0.2, -0.15) is 0 Å². The first-order valence-electron chi connectivity index (χ1n) is 4.14. The molecule has 0 bridgehead atoms. The minimum absolute atomic E-state index is 0.116. The van der Waals surface area contributed by atoms with E-state index in [1.807, 2.05) is 18.4 Å². The van der Waals surface area contributed by atoms with Gasteiger partial charge in [0.25, 0.3) is 0 Å². The number of hydrogen-bond donors (Lipinski definition) is 1. The van der Waals surface area contributed by atoms with E-state index in [0.29, 0.717) is 0 Å². The molecule has 1 rings (SSSR count). The van der Waals surface area contributed by atoms with Crippen molar-refractivity contribution in [1.29, 1.82) is 0 Å². The Hall–Kier alpha value is 0.100. The average Bonchev–Trinajstić information content (AvgIpc) is 2.53. The van der Waals surface area contributed by atoms with Gasteiger partial charge < -0.3 is 9.84 Å². The highest BCUT2D eigenvalue weighted by Crippen LogP contribution is 2.32. The van der Waals surface area contributed by atoms with E-state index < -0.39 is 6.10 Å². The number of ether oxygens (including phenoxy) is 1. The fourth-order valence-corrected chi connectivity index (χ4v) is 2.85. The Morgan fingerprint density at radius 1 is 1.69 bits per heavy atom. The SMILES string of the molecule is CCC(OC)C(O)c1sccc1Br. The molecule has 0 saturated carbocycles. The Morgan fingerprint density at radius 2 is 2.38 bits per heavy atom. The summed E-state index contributed by atoms with van der Waals surface area (Å²) in [5.41, 5.74) is 0. The van der Waals surface area contributed by atoms with Gasteiger partial charge in [0, 0.05) is 16.5 Å². The van der Waals surface area contributed by atoms with E-state index in [9.17, 15) is 5.11 Å². The van der Waals surface area contributed by atoms with E-state index in [2.05, 4.69) is 15.9 Å². The maximum Gasteiger partial charge on any atom is 0.115 e. The molecule has 0 aliphatic heterocycles. The smallest absolute Gasteiger partial charge is 0.115 e. The maximum absolute atomic E-state index is 9.91. The van der Waals surface area contributed by atoms with Gasteiger partial charge in [-0.05, 0) is 33.8 Å². The summed E-state index contributed by atoms with van der Waals surface area (Å²) in [6.45, 7) is 2.00. The maximum atomic E-state index is 9.91. The fourth-order valence-electron chi connectivity index (χ4n) is 1.20. The van der Waals surface area contributed by atoms with Crippen LogP contribution in [0.5, 0.6) is 0 Å². The summed E-state index contributed by atoms with van der Waals surface area (Å²) in [6.07, 6.45) is 0.168. The van der Waals surface area contributed by atoms with Gasteiger partial charge in [0.15, 0.2) is 0 Å². The molecule has 0 saturated heterocycles. The standard InChI is InChI=1S/C9H13BrO2S/c1-3-7(12-2)8(11)9-6(10)4-5-13-9/h4-5,7-8,11H,3H2,1-2H3. The second-order valence-electron chi connectivity index (χ2n) is 2.76. The highest BCUT2D eigenvalue weighted by molar-refractivity contribution is 9.10. The number of halogens is 1. The van der Waals surface area contributed by atoms with Gasteiger partial charge in [0.05, 0.1) is 6.10 Å². The molecule has 0 radical (unpaired) electrons. The molecule has 13 heavy (non-hydrogen) atoms. The van der Waals surface area contributed by atoms with Crippen molar-refractivity contribution in [2.75, 3.05) is 7.11 Å². The van der Waals surface area contributed by atoms with Crippen LogP contribution in [-0.4, -0.2) is 18.3 Å². The van der Waals surface area contributed by atoms with E-state index in [1.165, 1.54) is 11.3 Å². The number of thiophene rings is 1. The van der Waals surface area contributed by atoms with Crippen LogP contribution in [-0.2, 0) is 4.74 Å². The lowest BCUT2D eigenvalue weighted by molar-refractivity contribution is -0.0134. The molecule has 0 aliphatic rings. The van der Waals surface area contributed by atoms with Crippen molar-refractivity contribution >= 4 is 27.3 Å². The lowest BCUT2D eigenvalue weighted by Crippen LogP contribution is -2.19. The van der Waals surface area contributed by atoms with Gasteiger partial charge in [-0.15, -0.1) is 11.3 Å². The summed E-state index contributed by atoms with van der Waals surface area (Å²) in [5.74, 6) is 0. The molecule has 0 amide bonds. The molecule has 2 atom stereocenters. The van der Waals surface area contributed by atoms with E-state index in [4.69, 9.17) is 4.74 Å². The number of hydrogen-bond acceptors (Lipinski definition) is 3. The molecule has 1 N–H and O–H groups in total. The first-order chi connectivity index (χ1) is 6.20. The van der Waals surface area contributed by atoms with Crippen molar-refractivity contribution in [2.45, 2.75) is 25.6 Å². The third kappa shape index (κ3) is 2.53. The molecule has 1 aromatic heterocycles. The van der Waals surface area contributed by atoms with Gasteiger partial charge in [-0.3, -0.25) is 0 Å². The third-order valence-electron chi connectivity index (χ3n) is 1.97. The summed E-state index contributed by atoms with van der Waals surface area (Å²) in [4.78, 5) is 0.939. The Morgan fingerprint density at radius 3 is 2.77 bits per heavy atom. The molecular formula is C9H13BrO2S. The van der Waals surface area contributed by atoms with Crippen molar-refractivity contribution in [3.8, 4) is 0 Å². The van der Waals surface area contributed by atoms with Crippen molar-refractivity contribution in [3.63, 3.8) is 0 Å². The zero-order valence-corrected chi connectivity index (χ0v) is 10.1. The van der Waals surface area contributed by atoms with Gasteiger partial charge in [0.2, 0.25) is 0 Å². The quantitative estimate of drug-likeness (QED) is 0.906. The van der Waals surface area contributed by atoms with Crippen LogP contribution in [0.4, 0.5) is 0 Å². The van der Waals surface area contributed by atoms with E-state index in [-0.39, 0.29) is 6.10 Å². The second-order valence-corrected chi connectivity index (χ2v) is 4.56. The van der Waals surface area contributed by atoms with Crippen molar-refractivity contribution in [2.24, 2.45) is 0 Å². The molecular weight excluding hydrogens is 252 g/mol. The van der Waals surface area contributed by atoms with Crippen LogP contribution in [0.15, 0.2) is 15.9 Å². The third-order valence-corrected chi connectivity index (χ3v) is 3.91. The predicted octanol–water partition coefficient (Wildman–Crippen LogP) is 2.97. The molecule has 0 aliphatic carbocycles. The zero-order valence-electron chi connectivity index (χ0n) is 7.66. The number of aliphatic hydroxyl groups is 1. The van der Waals surface area contributed by atoms with Crippen LogP contribution >= 0.6 is 27.3 Å². The zero-order chi connectivity index (χ0) is 9.84. The fraction of sp³-hybridized carbons (Fsp3) is 0.556. The first kappa shape index (κ1) is 11.2. The lowest BCUT2D eigenvalue weighted by Gasteiger charge is -2.19. The minimum Gasteiger partial charge on any atom is -0.385 e. The Bertz CT molecular complexity index is 258. The summed E-state index contributed by atoms with van der Waals surface area (Å²) in [7, 11) is 1.62.